The third-order valence-electron chi connectivity index (χ3n) is 3.15. The standard InChI is InChI=1S/C14H16Cl2N4O2S/c1-2-3-4-9-20(14-18-12(15)17-13(16)19-14)10-5-7-11(8-6-10)23(21)22/h5-8H,2-4,9H2,1H3,(H,21,22). The monoisotopic (exact) mass is 374 g/mol. The second-order valence-electron chi connectivity index (χ2n) is 4.78. The van der Waals surface area contributed by atoms with Gasteiger partial charge in [-0.15, -0.1) is 0 Å². The first-order valence-corrected chi connectivity index (χ1v) is 8.93. The van der Waals surface area contributed by atoms with Gasteiger partial charge in [0.15, 0.2) is 11.1 Å². The maximum atomic E-state index is 11.1. The fourth-order valence-electron chi connectivity index (χ4n) is 2.04. The third kappa shape index (κ3) is 5.10. The molecule has 0 spiro atoms. The molecular formula is C14H16Cl2N4O2S. The highest BCUT2D eigenvalue weighted by atomic mass is 35.5. The van der Waals surface area contributed by atoms with Crippen molar-refractivity contribution in [3.05, 3.63) is 34.8 Å². The summed E-state index contributed by atoms with van der Waals surface area (Å²) in [6.45, 7) is 2.79. The number of hydrogen-bond acceptors (Lipinski definition) is 5. The smallest absolute Gasteiger partial charge is 0.235 e. The Labute approximate surface area is 147 Å². The van der Waals surface area contributed by atoms with Crippen LogP contribution in [0.1, 0.15) is 26.2 Å². The summed E-state index contributed by atoms with van der Waals surface area (Å²) in [5.74, 6) is 0.351. The minimum atomic E-state index is -2.01. The summed E-state index contributed by atoms with van der Waals surface area (Å²) >= 11 is 9.72. The molecule has 23 heavy (non-hydrogen) atoms. The zero-order chi connectivity index (χ0) is 16.8. The SMILES string of the molecule is CCCCCN(c1ccc(S(=O)O)cc1)c1nc(Cl)nc(Cl)n1. The molecule has 1 aromatic heterocycles. The molecule has 1 heterocycles. The van der Waals surface area contributed by atoms with Crippen LogP contribution in [0.2, 0.25) is 10.6 Å². The number of nitrogens with zero attached hydrogens (tertiary/aromatic N) is 4. The predicted molar refractivity (Wildman–Crippen MR) is 91.9 cm³/mol. The minimum Gasteiger partial charge on any atom is -0.310 e. The van der Waals surface area contributed by atoms with E-state index < -0.39 is 11.1 Å². The van der Waals surface area contributed by atoms with Crippen LogP contribution in [0.4, 0.5) is 11.6 Å². The highest BCUT2D eigenvalue weighted by molar-refractivity contribution is 7.79. The fourth-order valence-corrected chi connectivity index (χ4v) is 2.77. The van der Waals surface area contributed by atoms with Crippen LogP contribution in [-0.2, 0) is 11.1 Å². The van der Waals surface area contributed by atoms with Gasteiger partial charge < -0.3 is 9.45 Å². The van der Waals surface area contributed by atoms with Crippen molar-refractivity contribution in [1.29, 1.82) is 0 Å². The van der Waals surface area contributed by atoms with Gasteiger partial charge in [-0.25, -0.2) is 4.21 Å². The molecule has 2 rings (SSSR count). The minimum absolute atomic E-state index is 0.0218. The molecule has 6 nitrogen and oxygen atoms in total. The van der Waals surface area contributed by atoms with Gasteiger partial charge in [0.05, 0.1) is 4.90 Å². The highest BCUT2D eigenvalue weighted by Gasteiger charge is 2.15. The van der Waals surface area contributed by atoms with E-state index in [2.05, 4.69) is 21.9 Å². The topological polar surface area (TPSA) is 79.2 Å². The van der Waals surface area contributed by atoms with Crippen molar-refractivity contribution < 1.29 is 8.76 Å². The van der Waals surface area contributed by atoms with Crippen LogP contribution in [0.15, 0.2) is 29.2 Å². The van der Waals surface area contributed by atoms with Crippen LogP contribution in [-0.4, -0.2) is 30.3 Å². The maximum absolute atomic E-state index is 11.1. The van der Waals surface area contributed by atoms with Crippen LogP contribution in [0.3, 0.4) is 0 Å². The first-order valence-electron chi connectivity index (χ1n) is 7.06. The summed E-state index contributed by atoms with van der Waals surface area (Å²) in [4.78, 5) is 14.2. The summed E-state index contributed by atoms with van der Waals surface area (Å²) < 4.78 is 20.2. The molecule has 0 aliphatic heterocycles. The van der Waals surface area contributed by atoms with Gasteiger partial charge in [-0.3, -0.25) is 0 Å². The summed E-state index contributed by atoms with van der Waals surface area (Å²) in [6, 6.07) is 6.65. The third-order valence-corrected chi connectivity index (χ3v) is 4.16. The molecule has 0 aliphatic carbocycles. The molecule has 0 radical (unpaired) electrons. The van der Waals surface area contributed by atoms with Crippen LogP contribution < -0.4 is 4.90 Å². The zero-order valence-corrected chi connectivity index (χ0v) is 14.8. The van der Waals surface area contributed by atoms with E-state index in [1.165, 1.54) is 0 Å². The molecule has 0 fully saturated rings. The molecule has 0 bridgehead atoms. The number of halogens is 2. The van der Waals surface area contributed by atoms with Gasteiger partial charge in [-0.2, -0.15) is 15.0 Å². The molecule has 0 saturated carbocycles. The Hall–Kier alpha value is -1.28. The lowest BCUT2D eigenvalue weighted by atomic mass is 10.2. The molecule has 2 aromatic rings. The quantitative estimate of drug-likeness (QED) is 0.580. The maximum Gasteiger partial charge on any atom is 0.235 e. The van der Waals surface area contributed by atoms with Crippen molar-refractivity contribution in [1.82, 2.24) is 15.0 Å². The van der Waals surface area contributed by atoms with Gasteiger partial charge in [0, 0.05) is 12.2 Å². The van der Waals surface area contributed by atoms with Gasteiger partial charge in [0.25, 0.3) is 0 Å². The van der Waals surface area contributed by atoms with Crippen LogP contribution in [0, 0.1) is 0 Å². The molecule has 0 amide bonds. The molecule has 0 saturated heterocycles. The number of rotatable bonds is 7. The van der Waals surface area contributed by atoms with E-state index in [9.17, 15) is 4.21 Å². The number of unbranched alkanes of at least 4 members (excludes halogenated alkanes) is 2. The van der Waals surface area contributed by atoms with Crippen molar-refractivity contribution in [2.45, 2.75) is 31.1 Å². The van der Waals surface area contributed by atoms with Crippen molar-refractivity contribution >= 4 is 45.9 Å². The molecule has 9 heteroatoms. The zero-order valence-electron chi connectivity index (χ0n) is 12.4. The highest BCUT2D eigenvalue weighted by Crippen LogP contribution is 2.25. The van der Waals surface area contributed by atoms with Crippen LogP contribution in [0.5, 0.6) is 0 Å². The summed E-state index contributed by atoms with van der Waals surface area (Å²) in [5, 5.41) is 0.0437. The van der Waals surface area contributed by atoms with Crippen LogP contribution >= 0.6 is 23.2 Å². The summed E-state index contributed by atoms with van der Waals surface area (Å²) in [5.41, 5.74) is 0.786. The lowest BCUT2D eigenvalue weighted by molar-refractivity contribution is 0.564. The van der Waals surface area contributed by atoms with E-state index in [4.69, 9.17) is 27.8 Å². The summed E-state index contributed by atoms with van der Waals surface area (Å²) in [7, 11) is 0. The number of benzene rings is 1. The molecular weight excluding hydrogens is 359 g/mol. The predicted octanol–water partition coefficient (Wildman–Crippen LogP) is 4.09. The Morgan fingerprint density at radius 1 is 1.09 bits per heavy atom. The Balaban J connectivity index is 2.34. The second kappa shape index (κ2) is 8.54. The average Bonchev–Trinajstić information content (AvgIpc) is 2.51. The molecule has 124 valence electrons. The molecule has 0 aliphatic rings. The van der Waals surface area contributed by atoms with Gasteiger partial charge in [-0.05, 0) is 53.9 Å². The molecule has 1 unspecified atom stereocenters. The first-order chi connectivity index (χ1) is 11.0. The number of aromatic nitrogens is 3. The lowest BCUT2D eigenvalue weighted by Gasteiger charge is -2.22. The first kappa shape index (κ1) is 18.1. The Morgan fingerprint density at radius 3 is 2.22 bits per heavy atom. The second-order valence-corrected chi connectivity index (χ2v) is 6.42. The Kier molecular flexibility index (Phi) is 6.71. The average molecular weight is 375 g/mol. The molecule has 1 atom stereocenters. The van der Waals surface area contributed by atoms with E-state index in [1.807, 2.05) is 4.90 Å². The van der Waals surface area contributed by atoms with Gasteiger partial charge in [-0.1, -0.05) is 19.8 Å². The van der Waals surface area contributed by atoms with E-state index in [1.54, 1.807) is 24.3 Å². The normalized spacial score (nSPS) is 12.2. The Morgan fingerprint density at radius 2 is 1.70 bits per heavy atom. The van der Waals surface area contributed by atoms with E-state index in [0.29, 0.717) is 17.4 Å². The van der Waals surface area contributed by atoms with E-state index >= 15 is 0 Å². The number of anilines is 2. The van der Waals surface area contributed by atoms with Crippen molar-refractivity contribution in [2.24, 2.45) is 0 Å². The van der Waals surface area contributed by atoms with E-state index in [0.717, 1.165) is 24.9 Å². The fraction of sp³-hybridized carbons (Fsp3) is 0.357. The lowest BCUT2D eigenvalue weighted by Crippen LogP contribution is -2.21. The molecule has 1 aromatic carbocycles. The van der Waals surface area contributed by atoms with Crippen LogP contribution in [0.25, 0.3) is 0 Å². The number of hydrogen-bond donors (Lipinski definition) is 1. The van der Waals surface area contributed by atoms with Gasteiger partial charge >= 0.3 is 0 Å². The summed E-state index contributed by atoms with van der Waals surface area (Å²) in [6.07, 6.45) is 3.07. The Bertz CT molecular complexity index is 665. The van der Waals surface area contributed by atoms with Crippen molar-refractivity contribution in [3.63, 3.8) is 0 Å². The van der Waals surface area contributed by atoms with Crippen molar-refractivity contribution in [2.75, 3.05) is 11.4 Å². The largest absolute Gasteiger partial charge is 0.310 e. The van der Waals surface area contributed by atoms with E-state index in [-0.39, 0.29) is 10.6 Å². The van der Waals surface area contributed by atoms with Crippen molar-refractivity contribution in [3.8, 4) is 0 Å². The van der Waals surface area contributed by atoms with Gasteiger partial charge in [0.2, 0.25) is 16.5 Å². The van der Waals surface area contributed by atoms with Gasteiger partial charge in [0.1, 0.15) is 0 Å². The molecule has 1 N–H and O–H groups in total.